The van der Waals surface area contributed by atoms with E-state index < -0.39 is 0 Å². The van der Waals surface area contributed by atoms with Crippen LogP contribution in [-0.2, 0) is 11.3 Å². The molecule has 1 saturated heterocycles. The lowest BCUT2D eigenvalue weighted by atomic mass is 10.2. The molecule has 10 heteroatoms. The van der Waals surface area contributed by atoms with Crippen molar-refractivity contribution in [1.82, 2.24) is 24.1 Å². The molecule has 1 aliphatic rings. The topological polar surface area (TPSA) is 75.7 Å². The van der Waals surface area contributed by atoms with Crippen LogP contribution in [0, 0.1) is 19.7 Å². The van der Waals surface area contributed by atoms with Crippen molar-refractivity contribution in [2.45, 2.75) is 30.3 Å². The molecular formula is C25H25FN6O2S. The van der Waals surface area contributed by atoms with Gasteiger partial charge < -0.3 is 9.80 Å². The van der Waals surface area contributed by atoms with Crippen LogP contribution in [-0.4, -0.2) is 56.2 Å². The molecule has 0 spiro atoms. The van der Waals surface area contributed by atoms with Crippen molar-refractivity contribution in [3.05, 3.63) is 82.3 Å². The van der Waals surface area contributed by atoms with E-state index in [1.165, 1.54) is 38.5 Å². The number of nitrogens with zero attached hydrogens (tertiary/aromatic N) is 6. The van der Waals surface area contributed by atoms with Crippen LogP contribution in [0.15, 0.2) is 69.6 Å². The molecule has 4 aromatic rings. The van der Waals surface area contributed by atoms with Gasteiger partial charge in [-0.1, -0.05) is 29.5 Å². The van der Waals surface area contributed by atoms with Crippen molar-refractivity contribution in [2.75, 3.05) is 31.1 Å². The van der Waals surface area contributed by atoms with Crippen molar-refractivity contribution in [3.63, 3.8) is 0 Å². The Labute approximate surface area is 206 Å². The van der Waals surface area contributed by atoms with E-state index in [9.17, 15) is 14.0 Å². The average molecular weight is 493 g/mol. The number of rotatable bonds is 5. The SMILES string of the molecule is Cc1ccc(Sc2nccn3c(=O)n(CC(=O)N4CCN(c5ccc(F)cc5)CC4)nc23)c(C)c1. The molecule has 2 aromatic heterocycles. The van der Waals surface area contributed by atoms with Gasteiger partial charge in [0, 0.05) is 49.2 Å². The normalized spacial score (nSPS) is 14.0. The number of hydrogen-bond donors (Lipinski definition) is 0. The molecule has 2 aromatic carbocycles. The lowest BCUT2D eigenvalue weighted by Crippen LogP contribution is -2.50. The van der Waals surface area contributed by atoms with Crippen LogP contribution in [0.1, 0.15) is 11.1 Å². The summed E-state index contributed by atoms with van der Waals surface area (Å²) in [4.78, 5) is 35.2. The minimum atomic E-state index is -0.372. The molecule has 1 fully saturated rings. The van der Waals surface area contributed by atoms with E-state index in [1.807, 2.05) is 26.0 Å². The smallest absolute Gasteiger partial charge is 0.350 e. The fourth-order valence-corrected chi connectivity index (χ4v) is 5.12. The summed E-state index contributed by atoms with van der Waals surface area (Å²) in [6.45, 7) is 6.26. The van der Waals surface area contributed by atoms with Crippen LogP contribution in [0.25, 0.3) is 5.65 Å². The molecule has 0 N–H and O–H groups in total. The fraction of sp³-hybridized carbons (Fsp3) is 0.280. The van der Waals surface area contributed by atoms with Crippen LogP contribution in [0.4, 0.5) is 10.1 Å². The number of carbonyl (C=O) groups is 1. The Morgan fingerprint density at radius 3 is 2.51 bits per heavy atom. The minimum absolute atomic E-state index is 0.134. The summed E-state index contributed by atoms with van der Waals surface area (Å²) in [6, 6.07) is 12.5. The maximum Gasteiger partial charge on any atom is 0.350 e. The van der Waals surface area contributed by atoms with Gasteiger partial charge in [0.15, 0.2) is 5.65 Å². The summed E-state index contributed by atoms with van der Waals surface area (Å²) in [5.74, 6) is -0.433. The van der Waals surface area contributed by atoms with Gasteiger partial charge in [0.2, 0.25) is 5.91 Å². The first kappa shape index (κ1) is 23.1. The van der Waals surface area contributed by atoms with Crippen LogP contribution in [0.2, 0.25) is 0 Å². The first-order chi connectivity index (χ1) is 16.9. The maximum absolute atomic E-state index is 13.2. The van der Waals surface area contributed by atoms with Gasteiger partial charge in [0.05, 0.1) is 0 Å². The van der Waals surface area contributed by atoms with E-state index in [-0.39, 0.29) is 24.0 Å². The average Bonchev–Trinajstić information content (AvgIpc) is 3.17. The van der Waals surface area contributed by atoms with Crippen molar-refractivity contribution < 1.29 is 9.18 Å². The first-order valence-electron chi connectivity index (χ1n) is 11.4. The summed E-state index contributed by atoms with van der Waals surface area (Å²) >= 11 is 1.45. The quantitative estimate of drug-likeness (QED) is 0.426. The maximum atomic E-state index is 13.2. The molecule has 35 heavy (non-hydrogen) atoms. The highest BCUT2D eigenvalue weighted by Gasteiger charge is 2.23. The van der Waals surface area contributed by atoms with Crippen molar-refractivity contribution in [3.8, 4) is 0 Å². The molecule has 0 bridgehead atoms. The third-order valence-corrected chi connectivity index (χ3v) is 7.27. The minimum Gasteiger partial charge on any atom is -0.368 e. The highest BCUT2D eigenvalue weighted by molar-refractivity contribution is 7.99. The number of carbonyl (C=O) groups excluding carboxylic acids is 1. The van der Waals surface area contributed by atoms with Crippen LogP contribution in [0.3, 0.4) is 0 Å². The third kappa shape index (κ3) is 4.79. The molecule has 0 saturated carbocycles. The monoisotopic (exact) mass is 492 g/mol. The molecule has 0 aliphatic carbocycles. The highest BCUT2D eigenvalue weighted by Crippen LogP contribution is 2.31. The number of piperazine rings is 1. The number of anilines is 1. The number of aromatic nitrogens is 4. The Kier molecular flexibility index (Phi) is 6.29. The van der Waals surface area contributed by atoms with Gasteiger partial charge in [-0.25, -0.2) is 23.3 Å². The highest BCUT2D eigenvalue weighted by atomic mass is 32.2. The zero-order chi connectivity index (χ0) is 24.5. The van der Waals surface area contributed by atoms with E-state index >= 15 is 0 Å². The first-order valence-corrected chi connectivity index (χ1v) is 12.2. The van der Waals surface area contributed by atoms with Gasteiger partial charge in [-0.3, -0.25) is 4.79 Å². The Hall–Kier alpha value is -3.66. The second-order valence-corrected chi connectivity index (χ2v) is 9.61. The summed E-state index contributed by atoms with van der Waals surface area (Å²) < 4.78 is 15.8. The molecule has 180 valence electrons. The van der Waals surface area contributed by atoms with E-state index in [4.69, 9.17) is 0 Å². The Balaban J connectivity index is 1.30. The number of halogens is 1. The van der Waals surface area contributed by atoms with E-state index in [0.29, 0.717) is 36.9 Å². The molecule has 1 amide bonds. The van der Waals surface area contributed by atoms with Gasteiger partial charge >= 0.3 is 5.69 Å². The zero-order valence-corrected chi connectivity index (χ0v) is 20.3. The molecule has 0 atom stereocenters. The van der Waals surface area contributed by atoms with Gasteiger partial charge in [-0.15, -0.1) is 5.10 Å². The van der Waals surface area contributed by atoms with Crippen molar-refractivity contribution >= 4 is 29.0 Å². The van der Waals surface area contributed by atoms with Crippen LogP contribution in [0.5, 0.6) is 0 Å². The molecule has 5 rings (SSSR count). The molecule has 0 radical (unpaired) electrons. The number of fused-ring (bicyclic) bond motifs is 1. The van der Waals surface area contributed by atoms with Crippen LogP contribution >= 0.6 is 11.8 Å². The number of benzene rings is 2. The zero-order valence-electron chi connectivity index (χ0n) is 19.5. The van der Waals surface area contributed by atoms with Gasteiger partial charge in [-0.05, 0) is 49.7 Å². The summed E-state index contributed by atoms with van der Waals surface area (Å²) in [5, 5.41) is 5.06. The van der Waals surface area contributed by atoms with Crippen molar-refractivity contribution in [2.24, 2.45) is 0 Å². The Morgan fingerprint density at radius 2 is 1.80 bits per heavy atom. The van der Waals surface area contributed by atoms with E-state index in [2.05, 4.69) is 21.0 Å². The van der Waals surface area contributed by atoms with E-state index in [0.717, 1.165) is 16.1 Å². The van der Waals surface area contributed by atoms with Gasteiger partial charge in [0.1, 0.15) is 17.4 Å². The molecule has 1 aliphatic heterocycles. The lowest BCUT2D eigenvalue weighted by molar-refractivity contribution is -0.132. The summed E-state index contributed by atoms with van der Waals surface area (Å²) in [5.41, 5.74) is 3.28. The van der Waals surface area contributed by atoms with Gasteiger partial charge in [0.25, 0.3) is 0 Å². The Bertz CT molecular complexity index is 1440. The lowest BCUT2D eigenvalue weighted by Gasteiger charge is -2.36. The van der Waals surface area contributed by atoms with E-state index in [1.54, 1.807) is 29.4 Å². The predicted molar refractivity (Wildman–Crippen MR) is 132 cm³/mol. The predicted octanol–water partition coefficient (Wildman–Crippen LogP) is 3.15. The summed E-state index contributed by atoms with van der Waals surface area (Å²) in [7, 11) is 0. The largest absolute Gasteiger partial charge is 0.368 e. The third-order valence-electron chi connectivity index (χ3n) is 6.12. The van der Waals surface area contributed by atoms with Gasteiger partial charge in [-0.2, -0.15) is 0 Å². The summed E-state index contributed by atoms with van der Waals surface area (Å²) in [6.07, 6.45) is 3.14. The number of amides is 1. The molecule has 8 nitrogen and oxygen atoms in total. The van der Waals surface area contributed by atoms with Crippen molar-refractivity contribution in [1.29, 1.82) is 0 Å². The molecule has 3 heterocycles. The number of aryl methyl sites for hydroxylation is 2. The van der Waals surface area contributed by atoms with Crippen LogP contribution < -0.4 is 10.6 Å². The standard InChI is InChI=1S/C25H25FN6O2S/c1-17-3-8-21(18(2)15-17)35-24-23-28-32(25(34)31(23)10-9-27-24)16-22(33)30-13-11-29(12-14-30)20-6-4-19(26)5-7-20/h3-10,15H,11-14,16H2,1-2H3. The number of hydrogen-bond acceptors (Lipinski definition) is 6. The molecular weight excluding hydrogens is 467 g/mol. The molecule has 0 unspecified atom stereocenters. The second kappa shape index (κ2) is 9.53. The fourth-order valence-electron chi connectivity index (χ4n) is 4.21. The second-order valence-electron chi connectivity index (χ2n) is 8.58. The Morgan fingerprint density at radius 1 is 1.06 bits per heavy atom.